The van der Waals surface area contributed by atoms with Crippen LogP contribution >= 0.6 is 12.4 Å². The fourth-order valence-electron chi connectivity index (χ4n) is 3.95. The van der Waals surface area contributed by atoms with Gasteiger partial charge in [-0.15, -0.1) is 12.4 Å². The fraction of sp³-hybridized carbons (Fsp3) is 0.435. The molecule has 2 N–H and O–H groups in total. The van der Waals surface area contributed by atoms with Crippen molar-refractivity contribution in [3.63, 3.8) is 0 Å². The Balaban J connectivity index is 0.00000259. The van der Waals surface area contributed by atoms with Crippen molar-refractivity contribution >= 4 is 24.0 Å². The number of rotatable bonds is 6. The van der Waals surface area contributed by atoms with Crippen LogP contribution in [-0.4, -0.2) is 52.2 Å². The number of anilines is 1. The van der Waals surface area contributed by atoms with Gasteiger partial charge in [-0.25, -0.2) is 9.97 Å². The van der Waals surface area contributed by atoms with Crippen LogP contribution in [-0.2, 0) is 12.0 Å². The first-order chi connectivity index (χ1) is 15.5. The molecular weight excluding hydrogens is 442 g/mol. The highest BCUT2D eigenvalue weighted by atomic mass is 35.5. The molecule has 5 rings (SSSR count). The van der Waals surface area contributed by atoms with E-state index in [9.17, 15) is 4.79 Å². The third-order valence-corrected chi connectivity index (χ3v) is 6.37. The smallest absolute Gasteiger partial charge is 0.315 e. The van der Waals surface area contributed by atoms with E-state index in [2.05, 4.69) is 48.6 Å². The zero-order chi connectivity index (χ0) is 22.1. The van der Waals surface area contributed by atoms with Crippen molar-refractivity contribution in [2.75, 3.05) is 31.1 Å². The SMILES string of the molecule is Cc1cc(-c2ncncc2N2CCNCC2)ccc1CNC(=O)c1nc(C2(C)CC2)no1.Cl. The molecule has 2 aromatic heterocycles. The first-order valence-corrected chi connectivity index (χ1v) is 11.0. The lowest BCUT2D eigenvalue weighted by molar-refractivity contribution is 0.0907. The molecule has 0 radical (unpaired) electrons. The fourth-order valence-corrected chi connectivity index (χ4v) is 3.95. The molecule has 1 aliphatic heterocycles. The highest BCUT2D eigenvalue weighted by molar-refractivity contribution is 5.89. The van der Waals surface area contributed by atoms with Crippen molar-refractivity contribution in [2.24, 2.45) is 0 Å². The van der Waals surface area contributed by atoms with Crippen LogP contribution in [0.1, 0.15) is 47.4 Å². The van der Waals surface area contributed by atoms with Crippen LogP contribution in [0.5, 0.6) is 0 Å². The van der Waals surface area contributed by atoms with Crippen molar-refractivity contribution in [1.29, 1.82) is 0 Å². The van der Waals surface area contributed by atoms with Gasteiger partial charge in [-0.1, -0.05) is 24.2 Å². The Labute approximate surface area is 198 Å². The molecule has 174 valence electrons. The van der Waals surface area contributed by atoms with E-state index < -0.39 is 0 Å². The molecule has 0 atom stereocenters. The number of halogens is 1. The van der Waals surface area contributed by atoms with Crippen LogP contribution < -0.4 is 15.5 Å². The predicted octanol–water partition coefficient (Wildman–Crippen LogP) is 2.65. The van der Waals surface area contributed by atoms with Gasteiger partial charge in [0, 0.05) is 43.7 Å². The third kappa shape index (κ3) is 4.84. The molecule has 9 nitrogen and oxygen atoms in total. The molecule has 0 bridgehead atoms. The van der Waals surface area contributed by atoms with Gasteiger partial charge in [0.1, 0.15) is 6.33 Å². The van der Waals surface area contributed by atoms with Crippen molar-refractivity contribution in [3.05, 3.63) is 53.6 Å². The van der Waals surface area contributed by atoms with E-state index >= 15 is 0 Å². The number of carbonyl (C=O) groups is 1. The quantitative estimate of drug-likeness (QED) is 0.567. The van der Waals surface area contributed by atoms with Gasteiger partial charge in [0.2, 0.25) is 0 Å². The monoisotopic (exact) mass is 469 g/mol. The molecule has 1 aromatic carbocycles. The number of nitrogens with zero attached hydrogens (tertiary/aromatic N) is 5. The van der Waals surface area contributed by atoms with E-state index in [0.717, 1.165) is 67.1 Å². The Morgan fingerprint density at radius 2 is 2.06 bits per heavy atom. The van der Waals surface area contributed by atoms with Crippen LogP contribution in [0.15, 0.2) is 35.2 Å². The second kappa shape index (κ2) is 9.44. The molecule has 2 aliphatic rings. The van der Waals surface area contributed by atoms with E-state index in [1.165, 1.54) is 0 Å². The van der Waals surface area contributed by atoms with Crippen molar-refractivity contribution in [2.45, 2.75) is 38.6 Å². The molecule has 1 saturated heterocycles. The molecule has 1 saturated carbocycles. The number of carbonyl (C=O) groups excluding carboxylic acids is 1. The average molecular weight is 470 g/mol. The van der Waals surface area contributed by atoms with Crippen LogP contribution in [0.4, 0.5) is 5.69 Å². The van der Waals surface area contributed by atoms with Gasteiger partial charge in [-0.05, 0) is 37.0 Å². The van der Waals surface area contributed by atoms with Gasteiger partial charge in [-0.3, -0.25) is 4.79 Å². The molecule has 0 spiro atoms. The van der Waals surface area contributed by atoms with Crippen molar-refractivity contribution in [1.82, 2.24) is 30.7 Å². The Hall–Kier alpha value is -3.04. The Kier molecular flexibility index (Phi) is 6.62. The second-order valence-electron chi connectivity index (χ2n) is 8.80. The van der Waals surface area contributed by atoms with Crippen molar-refractivity contribution < 1.29 is 9.32 Å². The summed E-state index contributed by atoms with van der Waals surface area (Å²) in [5.74, 6) is 0.283. The lowest BCUT2D eigenvalue weighted by atomic mass is 10.0. The summed E-state index contributed by atoms with van der Waals surface area (Å²) in [5.41, 5.74) is 5.07. The zero-order valence-corrected chi connectivity index (χ0v) is 19.6. The topological polar surface area (TPSA) is 109 Å². The van der Waals surface area contributed by atoms with Crippen LogP contribution in [0.25, 0.3) is 11.3 Å². The molecule has 3 aromatic rings. The Morgan fingerprint density at radius 3 is 2.79 bits per heavy atom. The Bertz CT molecular complexity index is 1140. The van der Waals surface area contributed by atoms with E-state index in [1.54, 1.807) is 6.33 Å². The van der Waals surface area contributed by atoms with E-state index in [0.29, 0.717) is 12.4 Å². The molecule has 1 aliphatic carbocycles. The molecule has 0 unspecified atom stereocenters. The van der Waals surface area contributed by atoms with Crippen molar-refractivity contribution in [3.8, 4) is 11.3 Å². The second-order valence-corrected chi connectivity index (χ2v) is 8.80. The van der Waals surface area contributed by atoms with Gasteiger partial charge in [-0.2, -0.15) is 4.98 Å². The largest absolute Gasteiger partial charge is 0.366 e. The molecule has 33 heavy (non-hydrogen) atoms. The van der Waals surface area contributed by atoms with Gasteiger partial charge in [0.25, 0.3) is 0 Å². The Morgan fingerprint density at radius 1 is 1.27 bits per heavy atom. The first-order valence-electron chi connectivity index (χ1n) is 11.0. The predicted molar refractivity (Wildman–Crippen MR) is 127 cm³/mol. The average Bonchev–Trinajstić information content (AvgIpc) is 3.37. The molecule has 3 heterocycles. The molecule has 1 amide bonds. The normalized spacial score (nSPS) is 16.7. The van der Waals surface area contributed by atoms with Gasteiger partial charge < -0.3 is 20.1 Å². The molecule has 2 fully saturated rings. The van der Waals surface area contributed by atoms with Crippen LogP contribution in [0.2, 0.25) is 0 Å². The summed E-state index contributed by atoms with van der Waals surface area (Å²) in [6, 6.07) is 6.18. The highest BCUT2D eigenvalue weighted by Crippen LogP contribution is 2.45. The summed E-state index contributed by atoms with van der Waals surface area (Å²) >= 11 is 0. The lowest BCUT2D eigenvalue weighted by Crippen LogP contribution is -2.43. The third-order valence-electron chi connectivity index (χ3n) is 6.37. The number of amides is 1. The number of benzene rings is 1. The van der Waals surface area contributed by atoms with E-state index in [4.69, 9.17) is 4.52 Å². The standard InChI is InChI=1S/C23H27N7O2.ClH/c1-15-11-16(19-18(13-25-14-27-19)30-9-7-24-8-10-30)3-4-17(15)12-26-20(31)21-28-22(29-32-21)23(2)5-6-23;/h3-4,11,13-14,24H,5-10,12H2,1-2H3,(H,26,31);1H. The minimum atomic E-state index is -0.353. The number of aryl methyl sites for hydroxylation is 1. The summed E-state index contributed by atoms with van der Waals surface area (Å²) in [4.78, 5) is 27.9. The summed E-state index contributed by atoms with van der Waals surface area (Å²) in [6.45, 7) is 8.26. The van der Waals surface area contributed by atoms with Crippen LogP contribution in [0.3, 0.4) is 0 Å². The van der Waals surface area contributed by atoms with Gasteiger partial charge in [0.05, 0.1) is 17.6 Å². The summed E-state index contributed by atoms with van der Waals surface area (Å²) in [7, 11) is 0. The number of hydrogen-bond acceptors (Lipinski definition) is 8. The first kappa shape index (κ1) is 23.1. The van der Waals surface area contributed by atoms with Gasteiger partial charge >= 0.3 is 11.8 Å². The molecular formula is C23H28ClN7O2. The minimum Gasteiger partial charge on any atom is -0.366 e. The lowest BCUT2D eigenvalue weighted by Gasteiger charge is -2.30. The zero-order valence-electron chi connectivity index (χ0n) is 18.8. The maximum atomic E-state index is 12.5. The van der Waals surface area contributed by atoms with E-state index in [1.807, 2.05) is 25.3 Å². The maximum absolute atomic E-state index is 12.5. The maximum Gasteiger partial charge on any atom is 0.315 e. The summed E-state index contributed by atoms with van der Waals surface area (Å²) < 4.78 is 5.16. The number of piperazine rings is 1. The molecule has 10 heteroatoms. The number of nitrogens with one attached hydrogen (secondary N) is 2. The summed E-state index contributed by atoms with van der Waals surface area (Å²) in [5, 5.41) is 10.2. The summed E-state index contributed by atoms with van der Waals surface area (Å²) in [6.07, 6.45) is 5.53. The number of aromatic nitrogens is 4. The van der Waals surface area contributed by atoms with E-state index in [-0.39, 0.29) is 29.6 Å². The number of hydrogen-bond donors (Lipinski definition) is 2. The van der Waals surface area contributed by atoms with Crippen LogP contribution in [0, 0.1) is 6.92 Å². The highest BCUT2D eigenvalue weighted by Gasteiger charge is 2.44. The minimum absolute atomic E-state index is 0. The van der Waals surface area contributed by atoms with Gasteiger partial charge in [0.15, 0.2) is 5.82 Å².